The molecule has 2 aromatic rings. The molecule has 0 fully saturated rings. The number of hydrogen-bond acceptors (Lipinski definition) is 2. The van der Waals surface area contributed by atoms with E-state index >= 15 is 0 Å². The first-order valence-electron chi connectivity index (χ1n) is 5.03. The smallest absolute Gasteiger partial charge is 0.184 e. The van der Waals surface area contributed by atoms with Crippen molar-refractivity contribution in [1.29, 1.82) is 0 Å². The molecule has 0 saturated heterocycles. The predicted octanol–water partition coefficient (Wildman–Crippen LogP) is 3.38. The Morgan fingerprint density at radius 3 is 2.76 bits per heavy atom. The summed E-state index contributed by atoms with van der Waals surface area (Å²) >= 11 is 11.7. The van der Waals surface area contributed by atoms with Gasteiger partial charge < -0.3 is 4.57 Å². The molecular formula is C12H10Cl2N2O. The molecule has 0 amide bonds. The van der Waals surface area contributed by atoms with Crippen LogP contribution < -0.4 is 0 Å². The molecule has 0 aliphatic carbocycles. The van der Waals surface area contributed by atoms with Gasteiger partial charge in [-0.05, 0) is 25.1 Å². The molecule has 0 bridgehead atoms. The van der Waals surface area contributed by atoms with Crippen molar-refractivity contribution in [3.05, 3.63) is 52.0 Å². The van der Waals surface area contributed by atoms with Crippen molar-refractivity contribution in [3.63, 3.8) is 0 Å². The number of aromatic nitrogens is 2. The van der Waals surface area contributed by atoms with E-state index in [4.69, 9.17) is 23.2 Å². The molecule has 0 saturated carbocycles. The summed E-state index contributed by atoms with van der Waals surface area (Å²) < 4.78 is 1.72. The summed E-state index contributed by atoms with van der Waals surface area (Å²) in [6, 6.07) is 4.85. The number of carbonyl (C=O) groups is 1. The minimum atomic E-state index is -0.0657. The molecule has 1 aromatic carbocycles. The molecule has 0 aliphatic rings. The molecule has 1 aromatic heterocycles. The Labute approximate surface area is 109 Å². The van der Waals surface area contributed by atoms with Crippen LogP contribution in [0.2, 0.25) is 10.0 Å². The van der Waals surface area contributed by atoms with E-state index < -0.39 is 0 Å². The Balaban J connectivity index is 2.20. The second kappa shape index (κ2) is 4.90. The average Bonchev–Trinajstić information content (AvgIpc) is 2.63. The summed E-state index contributed by atoms with van der Waals surface area (Å²) in [5, 5.41) is 0.893. The Morgan fingerprint density at radius 2 is 2.18 bits per heavy atom. The first kappa shape index (κ1) is 12.1. The highest BCUT2D eigenvalue weighted by Crippen LogP contribution is 2.21. The van der Waals surface area contributed by atoms with Gasteiger partial charge in [0.15, 0.2) is 5.78 Å². The van der Waals surface area contributed by atoms with Gasteiger partial charge in [-0.2, -0.15) is 0 Å². The lowest BCUT2D eigenvalue weighted by Gasteiger charge is -2.04. The second-order valence-electron chi connectivity index (χ2n) is 3.73. The van der Waals surface area contributed by atoms with Crippen LogP contribution in [0.15, 0.2) is 30.7 Å². The van der Waals surface area contributed by atoms with Gasteiger partial charge in [-0.1, -0.05) is 23.2 Å². The molecule has 0 radical (unpaired) electrons. The third kappa shape index (κ3) is 2.87. The lowest BCUT2D eigenvalue weighted by atomic mass is 10.1. The van der Waals surface area contributed by atoms with E-state index in [1.807, 2.05) is 13.1 Å². The number of rotatable bonds is 3. The number of ketones is 1. The van der Waals surface area contributed by atoms with E-state index in [-0.39, 0.29) is 12.3 Å². The molecule has 0 aliphatic heterocycles. The number of imidazole rings is 1. The van der Waals surface area contributed by atoms with Crippen LogP contribution in [0.5, 0.6) is 0 Å². The fraction of sp³-hybridized carbons (Fsp3) is 0.167. The number of halogens is 2. The van der Waals surface area contributed by atoms with Crippen LogP contribution >= 0.6 is 23.2 Å². The Hall–Kier alpha value is -1.32. The summed E-state index contributed by atoms with van der Waals surface area (Å²) in [5.74, 6) is -0.0657. The number of aryl methyl sites for hydroxylation is 1. The summed E-state index contributed by atoms with van der Waals surface area (Å²) in [6.07, 6.45) is 3.43. The number of Topliss-reactive ketones (excluding diaryl/α,β-unsaturated/α-hetero) is 1. The lowest BCUT2D eigenvalue weighted by molar-refractivity contribution is 0.0972. The molecule has 2 rings (SSSR count). The summed E-state index contributed by atoms with van der Waals surface area (Å²) in [7, 11) is 0. The van der Waals surface area contributed by atoms with Crippen molar-refractivity contribution in [2.24, 2.45) is 0 Å². The van der Waals surface area contributed by atoms with Gasteiger partial charge in [-0.3, -0.25) is 4.79 Å². The van der Waals surface area contributed by atoms with Crippen molar-refractivity contribution in [2.75, 3.05) is 0 Å². The second-order valence-corrected chi connectivity index (χ2v) is 4.58. The summed E-state index contributed by atoms with van der Waals surface area (Å²) in [5.41, 5.74) is 1.35. The van der Waals surface area contributed by atoms with Crippen LogP contribution in [0.3, 0.4) is 0 Å². The zero-order valence-corrected chi connectivity index (χ0v) is 10.7. The van der Waals surface area contributed by atoms with Crippen LogP contribution in [0.1, 0.15) is 16.1 Å². The zero-order valence-electron chi connectivity index (χ0n) is 9.15. The molecule has 88 valence electrons. The standard InChI is InChI=1S/C12H10Cl2N2O/c1-8-5-16(7-15-8)6-12(17)10-3-2-9(13)4-11(10)14/h2-5,7H,6H2,1H3. The minimum absolute atomic E-state index is 0.0657. The van der Waals surface area contributed by atoms with Gasteiger partial charge >= 0.3 is 0 Å². The molecule has 3 nitrogen and oxygen atoms in total. The molecule has 0 unspecified atom stereocenters. The quantitative estimate of drug-likeness (QED) is 0.800. The van der Waals surface area contributed by atoms with Gasteiger partial charge in [0.1, 0.15) is 0 Å². The van der Waals surface area contributed by atoms with Crippen molar-refractivity contribution < 1.29 is 4.79 Å². The topological polar surface area (TPSA) is 34.9 Å². The maximum Gasteiger partial charge on any atom is 0.184 e. The largest absolute Gasteiger partial charge is 0.329 e. The van der Waals surface area contributed by atoms with Gasteiger partial charge in [0.2, 0.25) is 0 Å². The minimum Gasteiger partial charge on any atom is -0.329 e. The van der Waals surface area contributed by atoms with Crippen molar-refractivity contribution in [1.82, 2.24) is 9.55 Å². The van der Waals surface area contributed by atoms with Gasteiger partial charge in [-0.25, -0.2) is 4.98 Å². The lowest BCUT2D eigenvalue weighted by Crippen LogP contribution is -2.09. The summed E-state index contributed by atoms with van der Waals surface area (Å²) in [6.45, 7) is 2.10. The van der Waals surface area contributed by atoms with Crippen LogP contribution in [0.25, 0.3) is 0 Å². The SMILES string of the molecule is Cc1cn(CC(=O)c2ccc(Cl)cc2Cl)cn1. The van der Waals surface area contributed by atoms with Crippen LogP contribution in [0.4, 0.5) is 0 Å². The third-order valence-electron chi connectivity index (χ3n) is 2.32. The maximum absolute atomic E-state index is 12.0. The zero-order chi connectivity index (χ0) is 12.4. The highest BCUT2D eigenvalue weighted by atomic mass is 35.5. The molecule has 1 heterocycles. The summed E-state index contributed by atoms with van der Waals surface area (Å²) in [4.78, 5) is 16.0. The van der Waals surface area contributed by atoms with Gasteiger partial charge in [0.25, 0.3) is 0 Å². The van der Waals surface area contributed by atoms with E-state index in [1.165, 1.54) is 0 Å². The van der Waals surface area contributed by atoms with Crippen molar-refractivity contribution in [2.45, 2.75) is 13.5 Å². The molecular weight excluding hydrogens is 259 g/mol. The normalized spacial score (nSPS) is 10.5. The van der Waals surface area contributed by atoms with Gasteiger partial charge in [0.05, 0.1) is 23.6 Å². The van der Waals surface area contributed by atoms with Gasteiger partial charge in [-0.15, -0.1) is 0 Å². The number of hydrogen-bond donors (Lipinski definition) is 0. The highest BCUT2D eigenvalue weighted by molar-refractivity contribution is 6.36. The van der Waals surface area contributed by atoms with E-state index in [0.717, 1.165) is 5.69 Å². The Morgan fingerprint density at radius 1 is 1.41 bits per heavy atom. The van der Waals surface area contributed by atoms with Gasteiger partial charge in [0, 0.05) is 16.8 Å². The van der Waals surface area contributed by atoms with Crippen LogP contribution in [0, 0.1) is 6.92 Å². The molecule has 17 heavy (non-hydrogen) atoms. The van der Waals surface area contributed by atoms with E-state index in [0.29, 0.717) is 15.6 Å². The fourth-order valence-electron chi connectivity index (χ4n) is 1.52. The predicted molar refractivity (Wildman–Crippen MR) is 67.8 cm³/mol. The molecule has 0 spiro atoms. The molecule has 0 atom stereocenters. The average molecular weight is 269 g/mol. The number of carbonyl (C=O) groups excluding carboxylic acids is 1. The highest BCUT2D eigenvalue weighted by Gasteiger charge is 2.11. The van der Waals surface area contributed by atoms with Crippen molar-refractivity contribution in [3.8, 4) is 0 Å². The number of nitrogens with zero attached hydrogens (tertiary/aromatic N) is 2. The van der Waals surface area contributed by atoms with Crippen LogP contribution in [-0.4, -0.2) is 15.3 Å². The number of benzene rings is 1. The molecule has 0 N–H and O–H groups in total. The molecule has 5 heteroatoms. The first-order chi connectivity index (χ1) is 8.06. The van der Waals surface area contributed by atoms with Crippen LogP contribution in [-0.2, 0) is 6.54 Å². The van der Waals surface area contributed by atoms with E-state index in [9.17, 15) is 4.79 Å². The third-order valence-corrected chi connectivity index (χ3v) is 2.87. The maximum atomic E-state index is 12.0. The van der Waals surface area contributed by atoms with E-state index in [2.05, 4.69) is 4.98 Å². The van der Waals surface area contributed by atoms with Crippen molar-refractivity contribution >= 4 is 29.0 Å². The monoisotopic (exact) mass is 268 g/mol. The first-order valence-corrected chi connectivity index (χ1v) is 5.78. The van der Waals surface area contributed by atoms with E-state index in [1.54, 1.807) is 29.1 Å². The Kier molecular flexibility index (Phi) is 3.50. The Bertz CT molecular complexity index is 563. The fourth-order valence-corrected chi connectivity index (χ4v) is 2.04.